The zero-order valence-electron chi connectivity index (χ0n) is 10.6. The van der Waals surface area contributed by atoms with Gasteiger partial charge in [-0.25, -0.2) is 0 Å². The van der Waals surface area contributed by atoms with E-state index in [1.807, 2.05) is 12.1 Å². The van der Waals surface area contributed by atoms with Gasteiger partial charge in [0, 0.05) is 8.95 Å². The first-order valence-corrected chi connectivity index (χ1v) is 7.18. The van der Waals surface area contributed by atoms with Gasteiger partial charge in [0.2, 0.25) is 5.91 Å². The van der Waals surface area contributed by atoms with Gasteiger partial charge in [-0.2, -0.15) is 0 Å². The summed E-state index contributed by atoms with van der Waals surface area (Å²) in [6.45, 7) is 3.43. The molecule has 19 heavy (non-hydrogen) atoms. The molecular weight excluding hydrogens is 378 g/mol. The van der Waals surface area contributed by atoms with Crippen LogP contribution in [0.2, 0.25) is 0 Å². The molecule has 1 aromatic rings. The molecule has 0 saturated heterocycles. The zero-order chi connectivity index (χ0) is 14.6. The Labute approximate surface area is 128 Å². The summed E-state index contributed by atoms with van der Waals surface area (Å²) in [5, 5.41) is 14.5. The lowest BCUT2D eigenvalue weighted by molar-refractivity contribution is -0.121. The van der Waals surface area contributed by atoms with Gasteiger partial charge >= 0.3 is 0 Å². The average molecular weight is 393 g/mol. The van der Waals surface area contributed by atoms with Gasteiger partial charge in [0.15, 0.2) is 5.84 Å². The quantitative estimate of drug-likeness (QED) is 0.318. The van der Waals surface area contributed by atoms with Crippen LogP contribution in [0.4, 0.5) is 5.69 Å². The van der Waals surface area contributed by atoms with Crippen molar-refractivity contribution < 1.29 is 10.0 Å². The predicted octanol–water partition coefficient (Wildman–Crippen LogP) is 3.31. The van der Waals surface area contributed by atoms with Crippen molar-refractivity contribution in [3.05, 3.63) is 27.1 Å². The molecule has 1 rings (SSSR count). The largest absolute Gasteiger partial charge is 0.409 e. The molecule has 0 bridgehead atoms. The molecule has 0 heterocycles. The van der Waals surface area contributed by atoms with Crippen molar-refractivity contribution in [3.8, 4) is 0 Å². The van der Waals surface area contributed by atoms with Crippen LogP contribution in [0.3, 0.4) is 0 Å². The number of amidine groups is 1. The first kappa shape index (κ1) is 16.0. The lowest BCUT2D eigenvalue weighted by atomic mass is 9.85. The van der Waals surface area contributed by atoms with Crippen LogP contribution in [-0.2, 0) is 4.79 Å². The Morgan fingerprint density at radius 1 is 1.53 bits per heavy atom. The molecule has 0 radical (unpaired) electrons. The van der Waals surface area contributed by atoms with E-state index in [1.54, 1.807) is 19.9 Å². The van der Waals surface area contributed by atoms with Crippen molar-refractivity contribution in [1.82, 2.24) is 0 Å². The average Bonchev–Trinajstić information content (AvgIpc) is 2.40. The highest BCUT2D eigenvalue weighted by Gasteiger charge is 2.36. The number of nitrogens with two attached hydrogens (primary N) is 1. The first-order valence-electron chi connectivity index (χ1n) is 5.59. The summed E-state index contributed by atoms with van der Waals surface area (Å²) in [6.07, 6.45) is 0.417. The van der Waals surface area contributed by atoms with Crippen molar-refractivity contribution in [2.24, 2.45) is 16.3 Å². The van der Waals surface area contributed by atoms with Crippen LogP contribution in [-0.4, -0.2) is 17.0 Å². The minimum atomic E-state index is -1.06. The zero-order valence-corrected chi connectivity index (χ0v) is 13.7. The minimum Gasteiger partial charge on any atom is -0.409 e. The molecule has 0 aromatic heterocycles. The van der Waals surface area contributed by atoms with Gasteiger partial charge in [-0.3, -0.25) is 4.79 Å². The number of rotatable bonds is 4. The van der Waals surface area contributed by atoms with E-state index in [1.165, 1.54) is 0 Å². The number of carbonyl (C=O) groups excluding carboxylic acids is 1. The molecule has 1 atom stereocenters. The van der Waals surface area contributed by atoms with Gasteiger partial charge in [0.25, 0.3) is 0 Å². The van der Waals surface area contributed by atoms with E-state index in [4.69, 9.17) is 10.9 Å². The van der Waals surface area contributed by atoms with Crippen molar-refractivity contribution in [1.29, 1.82) is 0 Å². The molecule has 1 unspecified atom stereocenters. The van der Waals surface area contributed by atoms with Gasteiger partial charge in [0.1, 0.15) is 5.41 Å². The van der Waals surface area contributed by atoms with Gasteiger partial charge in [0.05, 0.1) is 5.69 Å². The fourth-order valence-electron chi connectivity index (χ4n) is 1.42. The van der Waals surface area contributed by atoms with E-state index in [0.717, 1.165) is 8.95 Å². The molecule has 0 aliphatic rings. The van der Waals surface area contributed by atoms with E-state index in [0.29, 0.717) is 12.1 Å². The fourth-order valence-corrected chi connectivity index (χ4v) is 2.13. The second kappa shape index (κ2) is 6.38. The fraction of sp³-hybridized carbons (Fsp3) is 0.333. The van der Waals surface area contributed by atoms with Crippen LogP contribution in [0.5, 0.6) is 0 Å². The third kappa shape index (κ3) is 3.48. The molecule has 7 heteroatoms. The van der Waals surface area contributed by atoms with Crippen molar-refractivity contribution in [3.63, 3.8) is 0 Å². The van der Waals surface area contributed by atoms with E-state index in [9.17, 15) is 4.79 Å². The number of carbonyl (C=O) groups is 1. The minimum absolute atomic E-state index is 0.112. The van der Waals surface area contributed by atoms with Crippen LogP contribution >= 0.6 is 31.9 Å². The summed E-state index contributed by atoms with van der Waals surface area (Å²) >= 11 is 6.69. The molecule has 4 N–H and O–H groups in total. The summed E-state index contributed by atoms with van der Waals surface area (Å²) in [5.74, 6) is -0.442. The van der Waals surface area contributed by atoms with Gasteiger partial charge in [-0.15, -0.1) is 0 Å². The molecular formula is C12H15Br2N3O2. The molecule has 1 amide bonds. The number of hydrogen-bond acceptors (Lipinski definition) is 3. The van der Waals surface area contributed by atoms with Crippen LogP contribution in [0.15, 0.2) is 32.3 Å². The molecule has 0 saturated carbocycles. The Hall–Kier alpha value is -1.08. The summed E-state index contributed by atoms with van der Waals surface area (Å²) in [5.41, 5.74) is 5.16. The Morgan fingerprint density at radius 2 is 2.16 bits per heavy atom. The van der Waals surface area contributed by atoms with Gasteiger partial charge in [-0.05, 0) is 47.5 Å². The SMILES string of the molecule is CCC(C)(C(=O)Nc1cc(Br)ccc1Br)/C(N)=N/O. The molecule has 0 aliphatic carbocycles. The molecule has 104 valence electrons. The number of halogens is 2. The standard InChI is InChI=1S/C12H15Br2N3O2/c1-3-12(2,10(15)17-19)11(18)16-9-6-7(13)4-5-8(9)14/h4-6,19H,3H2,1-2H3,(H2,15,17)(H,16,18). The highest BCUT2D eigenvalue weighted by Crippen LogP contribution is 2.29. The molecule has 1 aromatic carbocycles. The Balaban J connectivity index is 3.04. The number of amides is 1. The highest BCUT2D eigenvalue weighted by atomic mass is 79.9. The Morgan fingerprint density at radius 3 is 2.68 bits per heavy atom. The molecule has 0 fully saturated rings. The number of oxime groups is 1. The number of nitrogens with one attached hydrogen (secondary N) is 1. The maximum absolute atomic E-state index is 12.3. The third-order valence-electron chi connectivity index (χ3n) is 3.06. The second-order valence-electron chi connectivity index (χ2n) is 4.25. The number of hydrogen-bond donors (Lipinski definition) is 3. The number of nitrogens with zero attached hydrogens (tertiary/aromatic N) is 1. The second-order valence-corrected chi connectivity index (χ2v) is 6.02. The monoisotopic (exact) mass is 391 g/mol. The van der Waals surface area contributed by atoms with Crippen molar-refractivity contribution in [2.75, 3.05) is 5.32 Å². The van der Waals surface area contributed by atoms with Crippen LogP contribution in [0.25, 0.3) is 0 Å². The Bertz CT molecular complexity index is 520. The summed E-state index contributed by atoms with van der Waals surface area (Å²) in [6, 6.07) is 5.43. The number of anilines is 1. The molecule has 5 nitrogen and oxygen atoms in total. The molecule has 0 spiro atoms. The predicted molar refractivity (Wildman–Crippen MR) is 82.3 cm³/mol. The Kier molecular flexibility index (Phi) is 5.37. The van der Waals surface area contributed by atoms with E-state index in [2.05, 4.69) is 42.3 Å². The molecule has 0 aliphatic heterocycles. The number of benzene rings is 1. The van der Waals surface area contributed by atoms with Crippen molar-refractivity contribution >= 4 is 49.3 Å². The summed E-state index contributed by atoms with van der Waals surface area (Å²) in [7, 11) is 0. The van der Waals surface area contributed by atoms with Crippen LogP contribution < -0.4 is 11.1 Å². The maximum Gasteiger partial charge on any atom is 0.238 e. The maximum atomic E-state index is 12.3. The van der Waals surface area contributed by atoms with Crippen LogP contribution in [0.1, 0.15) is 20.3 Å². The van der Waals surface area contributed by atoms with E-state index < -0.39 is 5.41 Å². The van der Waals surface area contributed by atoms with Gasteiger partial charge < -0.3 is 16.3 Å². The smallest absolute Gasteiger partial charge is 0.238 e. The van der Waals surface area contributed by atoms with Crippen LogP contribution in [0, 0.1) is 5.41 Å². The lowest BCUT2D eigenvalue weighted by Gasteiger charge is -2.25. The van der Waals surface area contributed by atoms with E-state index in [-0.39, 0.29) is 11.7 Å². The van der Waals surface area contributed by atoms with Gasteiger partial charge in [-0.1, -0.05) is 28.0 Å². The highest BCUT2D eigenvalue weighted by molar-refractivity contribution is 9.11. The normalized spacial score (nSPS) is 14.8. The lowest BCUT2D eigenvalue weighted by Crippen LogP contribution is -2.44. The topological polar surface area (TPSA) is 87.7 Å². The summed E-state index contributed by atoms with van der Waals surface area (Å²) in [4.78, 5) is 12.3. The van der Waals surface area contributed by atoms with E-state index >= 15 is 0 Å². The summed E-state index contributed by atoms with van der Waals surface area (Å²) < 4.78 is 1.59. The third-order valence-corrected chi connectivity index (χ3v) is 4.24. The first-order chi connectivity index (χ1) is 8.85. The van der Waals surface area contributed by atoms with Crippen molar-refractivity contribution in [2.45, 2.75) is 20.3 Å².